The van der Waals surface area contributed by atoms with Gasteiger partial charge in [0, 0.05) is 5.41 Å². The predicted molar refractivity (Wildman–Crippen MR) is 105 cm³/mol. The quantitative estimate of drug-likeness (QED) is 0.434. The Kier molecular flexibility index (Phi) is 2.46. The van der Waals surface area contributed by atoms with E-state index < -0.39 is 0 Å². The van der Waals surface area contributed by atoms with Gasteiger partial charge in [0.1, 0.15) is 0 Å². The zero-order valence-electron chi connectivity index (χ0n) is 14.9. The lowest BCUT2D eigenvalue weighted by Gasteiger charge is -2.38. The molecule has 1 atom stereocenters. The molecule has 0 radical (unpaired) electrons. The van der Waals surface area contributed by atoms with Gasteiger partial charge in [-0.25, -0.2) is 0 Å². The second-order valence-corrected chi connectivity index (χ2v) is 8.11. The Hall–Kier alpha value is -2.34. The fraction of sp³-hybridized carbons (Fsp3) is 0.280. The van der Waals surface area contributed by atoms with Crippen LogP contribution in [0.1, 0.15) is 46.2 Å². The molecule has 122 valence electrons. The molecule has 0 amide bonds. The Labute approximate surface area is 149 Å². The summed E-state index contributed by atoms with van der Waals surface area (Å²) in [5.74, 6) is 0. The van der Waals surface area contributed by atoms with Crippen molar-refractivity contribution < 1.29 is 0 Å². The molecule has 0 saturated heterocycles. The van der Waals surface area contributed by atoms with Crippen molar-refractivity contribution >= 4 is 10.8 Å². The Morgan fingerprint density at radius 1 is 0.880 bits per heavy atom. The van der Waals surface area contributed by atoms with E-state index in [1.807, 2.05) is 0 Å². The summed E-state index contributed by atoms with van der Waals surface area (Å²) in [5.41, 5.74) is 12.7. The average molecular weight is 322 g/mol. The molecular weight excluding hydrogens is 300 g/mol. The molecule has 25 heavy (non-hydrogen) atoms. The smallest absolute Gasteiger partial charge is 0.0400 e. The van der Waals surface area contributed by atoms with Gasteiger partial charge in [0.05, 0.1) is 0 Å². The zero-order valence-corrected chi connectivity index (χ0v) is 14.9. The average Bonchev–Trinajstić information content (AvgIpc) is 2.95. The van der Waals surface area contributed by atoms with Gasteiger partial charge in [-0.05, 0) is 94.8 Å². The molecule has 1 unspecified atom stereocenters. The largest absolute Gasteiger partial charge is 0.0829 e. The molecule has 1 spiro atoms. The van der Waals surface area contributed by atoms with Crippen molar-refractivity contribution in [3.63, 3.8) is 0 Å². The summed E-state index contributed by atoms with van der Waals surface area (Å²) in [6.07, 6.45) is 9.90. The summed E-state index contributed by atoms with van der Waals surface area (Å²) in [7, 11) is 0. The number of aryl methyl sites for hydroxylation is 2. The third-order valence-corrected chi connectivity index (χ3v) is 7.04. The molecule has 6 rings (SSSR count). The van der Waals surface area contributed by atoms with Crippen LogP contribution in [0.15, 0.2) is 48.6 Å². The summed E-state index contributed by atoms with van der Waals surface area (Å²) in [6.45, 7) is 4.64. The molecule has 0 fully saturated rings. The molecule has 3 aliphatic rings. The minimum atomic E-state index is 0.145. The van der Waals surface area contributed by atoms with Crippen LogP contribution >= 0.6 is 0 Å². The van der Waals surface area contributed by atoms with E-state index in [9.17, 15) is 0 Å². The highest BCUT2D eigenvalue weighted by molar-refractivity contribution is 6.06. The van der Waals surface area contributed by atoms with Crippen LogP contribution in [-0.2, 0) is 18.3 Å². The summed E-state index contributed by atoms with van der Waals surface area (Å²) in [5, 5.41) is 2.89. The Morgan fingerprint density at radius 2 is 1.72 bits per heavy atom. The predicted octanol–water partition coefficient (Wildman–Crippen LogP) is 6.17. The summed E-state index contributed by atoms with van der Waals surface area (Å²) < 4.78 is 0. The lowest BCUT2D eigenvalue weighted by atomic mass is 9.64. The summed E-state index contributed by atoms with van der Waals surface area (Å²) in [4.78, 5) is 0. The minimum Gasteiger partial charge on any atom is -0.0829 e. The summed E-state index contributed by atoms with van der Waals surface area (Å²) >= 11 is 0. The standard InChI is InChI=1S/C25H22/c1-15-11-12-21-22-20-8-4-3-7-18(20)16(2)19-10-6-14-25(24(19)22)13-5-9-17(15)23(21)25/h3-4,6-8,11-12,14H,5,9-10,13H2,1-2H3. The van der Waals surface area contributed by atoms with Crippen LogP contribution in [0.5, 0.6) is 0 Å². The first-order valence-corrected chi connectivity index (χ1v) is 9.58. The molecule has 0 aliphatic heterocycles. The van der Waals surface area contributed by atoms with E-state index in [1.165, 1.54) is 46.7 Å². The van der Waals surface area contributed by atoms with Crippen LogP contribution in [-0.4, -0.2) is 0 Å². The molecule has 3 aliphatic carbocycles. The van der Waals surface area contributed by atoms with Gasteiger partial charge < -0.3 is 0 Å². The Bertz CT molecular complexity index is 1110. The highest BCUT2D eigenvalue weighted by Crippen LogP contribution is 2.60. The first-order valence-electron chi connectivity index (χ1n) is 9.58. The normalized spacial score (nSPS) is 22.2. The first-order chi connectivity index (χ1) is 12.2. The van der Waals surface area contributed by atoms with Gasteiger partial charge in [-0.3, -0.25) is 0 Å². The molecule has 3 aromatic carbocycles. The van der Waals surface area contributed by atoms with Crippen molar-refractivity contribution in [2.75, 3.05) is 0 Å². The molecular formula is C25H22. The third kappa shape index (κ3) is 1.46. The number of allylic oxidation sites excluding steroid dienone is 2. The van der Waals surface area contributed by atoms with Gasteiger partial charge in [0.2, 0.25) is 0 Å². The van der Waals surface area contributed by atoms with Gasteiger partial charge in [0.15, 0.2) is 0 Å². The van der Waals surface area contributed by atoms with Gasteiger partial charge in [-0.1, -0.05) is 48.6 Å². The third-order valence-electron chi connectivity index (χ3n) is 7.04. The molecule has 0 saturated carbocycles. The second kappa shape index (κ2) is 4.43. The van der Waals surface area contributed by atoms with Crippen LogP contribution in [0.4, 0.5) is 0 Å². The van der Waals surface area contributed by atoms with E-state index in [-0.39, 0.29) is 5.41 Å². The van der Waals surface area contributed by atoms with Crippen LogP contribution in [0.2, 0.25) is 0 Å². The van der Waals surface area contributed by atoms with Crippen LogP contribution in [0.25, 0.3) is 21.9 Å². The van der Waals surface area contributed by atoms with Crippen molar-refractivity contribution in [2.45, 2.75) is 44.9 Å². The molecule has 0 heteroatoms. The SMILES string of the molecule is Cc1ccc2c3c1CCCC31C=CCc3c1c-2c1ccccc1c3C. The monoisotopic (exact) mass is 322 g/mol. The fourth-order valence-corrected chi connectivity index (χ4v) is 6.03. The molecule has 3 aromatic rings. The highest BCUT2D eigenvalue weighted by Gasteiger charge is 2.48. The van der Waals surface area contributed by atoms with E-state index >= 15 is 0 Å². The van der Waals surface area contributed by atoms with Crippen LogP contribution < -0.4 is 0 Å². The van der Waals surface area contributed by atoms with Crippen molar-refractivity contribution in [1.82, 2.24) is 0 Å². The zero-order chi connectivity index (χ0) is 16.8. The van der Waals surface area contributed by atoms with Crippen molar-refractivity contribution in [3.8, 4) is 11.1 Å². The van der Waals surface area contributed by atoms with E-state index in [2.05, 4.69) is 62.4 Å². The topological polar surface area (TPSA) is 0 Å². The van der Waals surface area contributed by atoms with Crippen molar-refractivity contribution in [1.29, 1.82) is 0 Å². The van der Waals surface area contributed by atoms with Gasteiger partial charge in [-0.2, -0.15) is 0 Å². The highest BCUT2D eigenvalue weighted by atomic mass is 14.5. The number of fused-ring (bicyclic) bond motifs is 3. The van der Waals surface area contributed by atoms with Gasteiger partial charge in [0.25, 0.3) is 0 Å². The second-order valence-electron chi connectivity index (χ2n) is 8.11. The Morgan fingerprint density at radius 3 is 2.60 bits per heavy atom. The minimum absolute atomic E-state index is 0.145. The number of hydrogen-bond acceptors (Lipinski definition) is 0. The molecule has 0 aromatic heterocycles. The molecule has 0 bridgehead atoms. The lowest BCUT2D eigenvalue weighted by Crippen LogP contribution is -2.31. The lowest BCUT2D eigenvalue weighted by molar-refractivity contribution is 0.514. The van der Waals surface area contributed by atoms with Crippen LogP contribution in [0.3, 0.4) is 0 Å². The van der Waals surface area contributed by atoms with Gasteiger partial charge in [-0.15, -0.1) is 0 Å². The van der Waals surface area contributed by atoms with Gasteiger partial charge >= 0.3 is 0 Å². The molecule has 0 heterocycles. The van der Waals surface area contributed by atoms with E-state index in [0.29, 0.717) is 0 Å². The molecule has 0 N–H and O–H groups in total. The summed E-state index contributed by atoms with van der Waals surface area (Å²) in [6, 6.07) is 13.8. The van der Waals surface area contributed by atoms with E-state index in [1.54, 1.807) is 27.8 Å². The van der Waals surface area contributed by atoms with E-state index in [4.69, 9.17) is 0 Å². The maximum Gasteiger partial charge on any atom is 0.0400 e. The number of hydrogen-bond donors (Lipinski definition) is 0. The first kappa shape index (κ1) is 13.9. The van der Waals surface area contributed by atoms with Crippen LogP contribution in [0, 0.1) is 13.8 Å². The number of benzene rings is 3. The Balaban J connectivity index is 1.91. The van der Waals surface area contributed by atoms with Crippen molar-refractivity contribution in [3.05, 3.63) is 81.9 Å². The molecule has 0 nitrogen and oxygen atoms in total. The fourth-order valence-electron chi connectivity index (χ4n) is 6.03. The maximum atomic E-state index is 2.56. The maximum absolute atomic E-state index is 2.56. The van der Waals surface area contributed by atoms with Crippen molar-refractivity contribution in [2.24, 2.45) is 0 Å². The number of rotatable bonds is 0. The van der Waals surface area contributed by atoms with E-state index in [0.717, 1.165) is 6.42 Å².